The molecule has 5 heteroatoms. The van der Waals surface area contributed by atoms with Crippen LogP contribution >= 0.6 is 0 Å². The SMILES string of the molecule is C=C1CC1[Si](C)(C)O[Si](C)(C)O[Si](C)(C)C. The van der Waals surface area contributed by atoms with Crippen LogP contribution in [0.2, 0.25) is 51.4 Å². The average Bonchev–Trinajstić information content (AvgIpc) is 2.57. The lowest BCUT2D eigenvalue weighted by Gasteiger charge is -2.37. The molecule has 0 aromatic rings. The Morgan fingerprint density at radius 2 is 1.44 bits per heavy atom. The predicted molar refractivity (Wildman–Crippen MR) is 78.0 cm³/mol. The van der Waals surface area contributed by atoms with E-state index in [1.54, 1.807) is 0 Å². The van der Waals surface area contributed by atoms with Crippen LogP contribution in [-0.2, 0) is 8.23 Å². The van der Waals surface area contributed by atoms with E-state index in [9.17, 15) is 0 Å². The Balaban J connectivity index is 2.61. The molecule has 1 aliphatic rings. The molecule has 0 aromatic carbocycles. The van der Waals surface area contributed by atoms with Crippen molar-refractivity contribution >= 4 is 25.2 Å². The van der Waals surface area contributed by atoms with E-state index in [2.05, 4.69) is 52.4 Å². The molecule has 1 saturated carbocycles. The first-order valence-electron chi connectivity index (χ1n) is 6.01. The van der Waals surface area contributed by atoms with Crippen molar-refractivity contribution in [3.8, 4) is 0 Å². The molecule has 1 fully saturated rings. The highest BCUT2D eigenvalue weighted by atomic mass is 28.5. The molecule has 0 spiro atoms. The molecule has 0 amide bonds. The van der Waals surface area contributed by atoms with Gasteiger partial charge in [-0.25, -0.2) is 0 Å². The maximum Gasteiger partial charge on any atom is 0.311 e. The van der Waals surface area contributed by atoms with Crippen LogP contribution in [0.25, 0.3) is 0 Å². The Morgan fingerprint density at radius 3 is 1.75 bits per heavy atom. The van der Waals surface area contributed by atoms with Gasteiger partial charge in [0.25, 0.3) is 0 Å². The Hall–Kier alpha value is 0.311. The number of allylic oxidation sites excluding steroid dienone is 1. The first-order chi connectivity index (χ1) is 6.93. The van der Waals surface area contributed by atoms with E-state index >= 15 is 0 Å². The quantitative estimate of drug-likeness (QED) is 0.555. The minimum atomic E-state index is -1.94. The lowest BCUT2D eigenvalue weighted by molar-refractivity contribution is 0.391. The lowest BCUT2D eigenvalue weighted by atomic mass is 10.7. The summed E-state index contributed by atoms with van der Waals surface area (Å²) in [6, 6.07) is 0. The molecule has 1 rings (SSSR count). The van der Waals surface area contributed by atoms with Gasteiger partial charge in [0.1, 0.15) is 0 Å². The summed E-state index contributed by atoms with van der Waals surface area (Å²) in [6.07, 6.45) is 1.18. The van der Waals surface area contributed by atoms with Crippen LogP contribution in [0.5, 0.6) is 0 Å². The van der Waals surface area contributed by atoms with Gasteiger partial charge in [-0.05, 0) is 52.2 Å². The van der Waals surface area contributed by atoms with Crippen molar-refractivity contribution in [3.05, 3.63) is 12.2 Å². The van der Waals surface area contributed by atoms with E-state index in [4.69, 9.17) is 8.23 Å². The molecule has 0 radical (unpaired) electrons. The topological polar surface area (TPSA) is 18.5 Å². The van der Waals surface area contributed by atoms with Gasteiger partial charge < -0.3 is 8.23 Å². The Labute approximate surface area is 104 Å². The van der Waals surface area contributed by atoms with Crippen molar-refractivity contribution < 1.29 is 8.23 Å². The molecular weight excluding hydrogens is 248 g/mol. The third-order valence-corrected chi connectivity index (χ3v) is 13.5. The molecule has 1 unspecified atom stereocenters. The second-order valence-corrected chi connectivity index (χ2v) is 19.3. The van der Waals surface area contributed by atoms with Crippen LogP contribution in [0.15, 0.2) is 12.2 Å². The highest BCUT2D eigenvalue weighted by Gasteiger charge is 2.48. The van der Waals surface area contributed by atoms with Gasteiger partial charge in [-0.2, -0.15) is 0 Å². The third-order valence-electron chi connectivity index (χ3n) is 2.70. The van der Waals surface area contributed by atoms with Gasteiger partial charge in [0.05, 0.1) is 0 Å². The predicted octanol–water partition coefficient (Wildman–Crippen LogP) is 4.09. The zero-order valence-electron chi connectivity index (χ0n) is 11.8. The molecule has 0 N–H and O–H groups in total. The highest BCUT2D eigenvalue weighted by Crippen LogP contribution is 2.51. The van der Waals surface area contributed by atoms with Gasteiger partial charge in [-0.3, -0.25) is 0 Å². The van der Waals surface area contributed by atoms with Gasteiger partial charge in [0.2, 0.25) is 0 Å². The van der Waals surface area contributed by atoms with Crippen molar-refractivity contribution in [2.75, 3.05) is 0 Å². The maximum absolute atomic E-state index is 6.43. The van der Waals surface area contributed by atoms with Gasteiger partial charge in [0.15, 0.2) is 16.6 Å². The van der Waals surface area contributed by atoms with Crippen molar-refractivity contribution in [1.82, 2.24) is 0 Å². The minimum Gasteiger partial charge on any atom is -0.437 e. The molecule has 0 saturated heterocycles. The summed E-state index contributed by atoms with van der Waals surface area (Å²) < 4.78 is 12.7. The van der Waals surface area contributed by atoms with E-state index in [1.165, 1.54) is 12.0 Å². The van der Waals surface area contributed by atoms with Crippen molar-refractivity contribution in [3.63, 3.8) is 0 Å². The first kappa shape index (κ1) is 14.4. The fraction of sp³-hybridized carbons (Fsp3) is 0.818. The maximum atomic E-state index is 6.43. The average molecular weight is 275 g/mol. The van der Waals surface area contributed by atoms with E-state index in [-0.39, 0.29) is 0 Å². The molecule has 2 nitrogen and oxygen atoms in total. The Morgan fingerprint density at radius 1 is 1.00 bits per heavy atom. The second kappa shape index (κ2) is 4.20. The van der Waals surface area contributed by atoms with Crippen LogP contribution in [0.4, 0.5) is 0 Å². The van der Waals surface area contributed by atoms with Crippen LogP contribution in [-0.4, -0.2) is 25.2 Å². The normalized spacial score (nSPS) is 22.4. The summed E-state index contributed by atoms with van der Waals surface area (Å²) in [6.45, 7) is 19.7. The molecule has 16 heavy (non-hydrogen) atoms. The molecule has 1 atom stereocenters. The molecule has 1 aliphatic carbocycles. The first-order valence-corrected chi connectivity index (χ1v) is 15.2. The zero-order valence-corrected chi connectivity index (χ0v) is 14.8. The fourth-order valence-electron chi connectivity index (χ4n) is 2.40. The van der Waals surface area contributed by atoms with Crippen molar-refractivity contribution in [2.45, 2.75) is 57.8 Å². The summed E-state index contributed by atoms with van der Waals surface area (Å²) in [7, 11) is -5.04. The molecule has 0 bridgehead atoms. The third kappa shape index (κ3) is 4.29. The fourth-order valence-corrected chi connectivity index (χ4v) is 16.2. The summed E-state index contributed by atoms with van der Waals surface area (Å²) in [5.74, 6) is 0. The molecule has 94 valence electrons. The second-order valence-electron chi connectivity index (χ2n) is 6.73. The molecule has 0 aliphatic heterocycles. The van der Waals surface area contributed by atoms with E-state index in [0.717, 1.165) is 0 Å². The van der Waals surface area contributed by atoms with Crippen LogP contribution in [0.3, 0.4) is 0 Å². The summed E-state index contributed by atoms with van der Waals surface area (Å²) >= 11 is 0. The van der Waals surface area contributed by atoms with Crippen LogP contribution in [0.1, 0.15) is 6.42 Å². The van der Waals surface area contributed by atoms with Gasteiger partial charge in [-0.1, -0.05) is 12.2 Å². The standard InChI is InChI=1S/C11H26O2Si3/c1-10-9-11(10)15(5,6)13-16(7,8)12-14(2,3)4/h11H,1,9H2,2-8H3. The number of hydrogen-bond acceptors (Lipinski definition) is 2. The molecule has 0 aromatic heterocycles. The number of rotatable bonds is 5. The van der Waals surface area contributed by atoms with E-state index in [0.29, 0.717) is 5.54 Å². The smallest absolute Gasteiger partial charge is 0.311 e. The summed E-state index contributed by atoms with van der Waals surface area (Å²) in [4.78, 5) is 0. The van der Waals surface area contributed by atoms with E-state index in [1.807, 2.05) is 0 Å². The largest absolute Gasteiger partial charge is 0.437 e. The van der Waals surface area contributed by atoms with Crippen molar-refractivity contribution in [1.29, 1.82) is 0 Å². The Bertz CT molecular complexity index is 292. The molecule has 0 heterocycles. The van der Waals surface area contributed by atoms with Gasteiger partial charge in [0, 0.05) is 5.54 Å². The van der Waals surface area contributed by atoms with Crippen LogP contribution < -0.4 is 0 Å². The number of hydrogen-bond donors (Lipinski definition) is 0. The van der Waals surface area contributed by atoms with E-state index < -0.39 is 25.2 Å². The van der Waals surface area contributed by atoms with Crippen molar-refractivity contribution in [2.24, 2.45) is 0 Å². The highest BCUT2D eigenvalue weighted by molar-refractivity contribution is 6.88. The monoisotopic (exact) mass is 274 g/mol. The van der Waals surface area contributed by atoms with Gasteiger partial charge >= 0.3 is 8.56 Å². The van der Waals surface area contributed by atoms with Crippen LogP contribution in [0, 0.1) is 0 Å². The Kier molecular flexibility index (Phi) is 3.78. The van der Waals surface area contributed by atoms with Gasteiger partial charge in [-0.15, -0.1) is 0 Å². The summed E-state index contributed by atoms with van der Waals surface area (Å²) in [5.41, 5.74) is 2.05. The lowest BCUT2D eigenvalue weighted by Crippen LogP contribution is -2.51. The minimum absolute atomic E-state index is 0.671. The molecular formula is C11H26O2Si3. The summed E-state index contributed by atoms with van der Waals surface area (Å²) in [5, 5.41) is 0. The zero-order chi connectivity index (χ0) is 12.8.